The molecule has 3 nitrogen and oxygen atoms in total. The molecule has 0 saturated heterocycles. The van der Waals surface area contributed by atoms with E-state index in [-0.39, 0.29) is 6.10 Å². The Bertz CT molecular complexity index is 461. The highest BCUT2D eigenvalue weighted by Gasteiger charge is 2.31. The summed E-state index contributed by atoms with van der Waals surface area (Å²) < 4.78 is 2.08. The fourth-order valence-corrected chi connectivity index (χ4v) is 3.37. The maximum Gasteiger partial charge on any atom is 0.193 e. The van der Waals surface area contributed by atoms with Crippen molar-refractivity contribution in [1.29, 1.82) is 0 Å². The minimum Gasteiger partial charge on any atom is -0.393 e. The molecule has 4 heteroatoms. The molecule has 2 heterocycles. The molecule has 3 unspecified atom stereocenters. The van der Waals surface area contributed by atoms with Gasteiger partial charge in [-0.15, -0.1) is 11.3 Å². The van der Waals surface area contributed by atoms with Crippen LogP contribution in [0.1, 0.15) is 25.5 Å². The van der Waals surface area contributed by atoms with E-state index in [1.807, 2.05) is 11.6 Å². The Hall–Kier alpha value is -0.870. The first kappa shape index (κ1) is 10.3. The summed E-state index contributed by atoms with van der Waals surface area (Å²) in [5.74, 6) is 1.01. The van der Waals surface area contributed by atoms with Crippen LogP contribution in [0.3, 0.4) is 0 Å². The Kier molecular flexibility index (Phi) is 2.48. The number of nitrogens with zero attached hydrogens (tertiary/aromatic N) is 2. The lowest BCUT2D eigenvalue weighted by Crippen LogP contribution is -2.16. The molecule has 2 aromatic rings. The predicted octanol–water partition coefficient (Wildman–Crippen LogP) is 2.35. The summed E-state index contributed by atoms with van der Waals surface area (Å²) in [5.41, 5.74) is 1.16. The van der Waals surface area contributed by atoms with Crippen molar-refractivity contribution in [2.24, 2.45) is 11.8 Å². The molecule has 0 bridgehead atoms. The van der Waals surface area contributed by atoms with Gasteiger partial charge in [0.25, 0.3) is 0 Å². The Morgan fingerprint density at radius 1 is 1.56 bits per heavy atom. The molecule has 1 aliphatic rings. The number of hydrogen-bond donors (Lipinski definition) is 1. The van der Waals surface area contributed by atoms with Crippen LogP contribution in [0.25, 0.3) is 4.96 Å². The van der Waals surface area contributed by atoms with Crippen LogP contribution >= 0.6 is 11.3 Å². The van der Waals surface area contributed by atoms with E-state index in [0.717, 1.165) is 29.9 Å². The van der Waals surface area contributed by atoms with Crippen LogP contribution in [0.4, 0.5) is 0 Å². The summed E-state index contributed by atoms with van der Waals surface area (Å²) >= 11 is 1.67. The van der Waals surface area contributed by atoms with Gasteiger partial charge in [-0.05, 0) is 31.1 Å². The number of aromatic nitrogens is 2. The quantitative estimate of drug-likeness (QED) is 0.869. The van der Waals surface area contributed by atoms with E-state index >= 15 is 0 Å². The fourth-order valence-electron chi connectivity index (χ4n) is 2.66. The topological polar surface area (TPSA) is 37.5 Å². The molecule has 16 heavy (non-hydrogen) atoms. The smallest absolute Gasteiger partial charge is 0.193 e. The molecule has 1 saturated carbocycles. The number of imidazole rings is 1. The summed E-state index contributed by atoms with van der Waals surface area (Å²) in [5, 5.41) is 11.8. The van der Waals surface area contributed by atoms with Gasteiger partial charge < -0.3 is 5.11 Å². The van der Waals surface area contributed by atoms with E-state index in [9.17, 15) is 5.11 Å². The van der Waals surface area contributed by atoms with Crippen molar-refractivity contribution in [2.45, 2.75) is 32.3 Å². The van der Waals surface area contributed by atoms with Crippen molar-refractivity contribution in [1.82, 2.24) is 9.38 Å². The SMILES string of the molecule is CC1C(O)CCC1Cc1cn2ccsc2n1. The summed E-state index contributed by atoms with van der Waals surface area (Å²) in [6, 6.07) is 0. The Balaban J connectivity index is 1.77. The van der Waals surface area contributed by atoms with Crippen molar-refractivity contribution in [2.75, 3.05) is 0 Å². The standard InChI is InChI=1S/C12H16N2OS/c1-8-9(2-3-11(8)15)6-10-7-14-4-5-16-12(14)13-10/h4-5,7-9,11,15H,2-3,6H2,1H3. The van der Waals surface area contributed by atoms with Gasteiger partial charge in [0.15, 0.2) is 4.96 Å². The number of aliphatic hydroxyl groups excluding tert-OH is 1. The van der Waals surface area contributed by atoms with Crippen molar-refractivity contribution in [3.05, 3.63) is 23.5 Å². The third-order valence-electron chi connectivity index (χ3n) is 3.80. The Morgan fingerprint density at radius 2 is 2.44 bits per heavy atom. The molecule has 0 aromatic carbocycles. The maximum atomic E-state index is 9.72. The number of rotatable bonds is 2. The van der Waals surface area contributed by atoms with Crippen molar-refractivity contribution < 1.29 is 5.11 Å². The molecular formula is C12H16N2OS. The van der Waals surface area contributed by atoms with Crippen molar-refractivity contribution >= 4 is 16.3 Å². The first-order chi connectivity index (χ1) is 7.74. The van der Waals surface area contributed by atoms with Crippen LogP contribution in [0.2, 0.25) is 0 Å². The first-order valence-corrected chi connectivity index (χ1v) is 6.71. The monoisotopic (exact) mass is 236 g/mol. The molecule has 1 N–H and O–H groups in total. The molecule has 86 valence electrons. The van der Waals surface area contributed by atoms with Gasteiger partial charge in [0.1, 0.15) is 0 Å². The molecule has 0 aliphatic heterocycles. The van der Waals surface area contributed by atoms with Crippen molar-refractivity contribution in [3.8, 4) is 0 Å². The number of fused-ring (bicyclic) bond motifs is 1. The van der Waals surface area contributed by atoms with E-state index < -0.39 is 0 Å². The summed E-state index contributed by atoms with van der Waals surface area (Å²) in [4.78, 5) is 5.67. The third kappa shape index (κ3) is 1.66. The van der Waals surface area contributed by atoms with Gasteiger partial charge in [0, 0.05) is 17.8 Å². The lowest BCUT2D eigenvalue weighted by molar-refractivity contribution is 0.127. The minimum absolute atomic E-state index is 0.103. The average Bonchev–Trinajstić information content (AvgIpc) is 2.88. The van der Waals surface area contributed by atoms with Crippen LogP contribution in [-0.2, 0) is 6.42 Å². The number of aliphatic hydroxyl groups is 1. The second-order valence-corrected chi connectivity index (χ2v) is 5.67. The van der Waals surface area contributed by atoms with Gasteiger partial charge in [0.05, 0.1) is 11.8 Å². The highest BCUT2D eigenvalue weighted by atomic mass is 32.1. The molecule has 1 fully saturated rings. The second-order valence-electron chi connectivity index (χ2n) is 4.79. The van der Waals surface area contributed by atoms with Gasteiger partial charge in [0.2, 0.25) is 0 Å². The van der Waals surface area contributed by atoms with Crippen molar-refractivity contribution in [3.63, 3.8) is 0 Å². The molecule has 0 spiro atoms. The zero-order valence-electron chi connectivity index (χ0n) is 9.34. The maximum absolute atomic E-state index is 9.72. The van der Waals surface area contributed by atoms with Gasteiger partial charge in [-0.2, -0.15) is 0 Å². The van der Waals surface area contributed by atoms with Gasteiger partial charge >= 0.3 is 0 Å². The van der Waals surface area contributed by atoms with Crippen LogP contribution in [0.5, 0.6) is 0 Å². The normalized spacial score (nSPS) is 30.2. The average molecular weight is 236 g/mol. The van der Waals surface area contributed by atoms with E-state index in [4.69, 9.17) is 0 Å². The van der Waals surface area contributed by atoms with E-state index in [0.29, 0.717) is 11.8 Å². The predicted molar refractivity (Wildman–Crippen MR) is 64.7 cm³/mol. The molecule has 1 aliphatic carbocycles. The summed E-state index contributed by atoms with van der Waals surface area (Å²) in [7, 11) is 0. The van der Waals surface area contributed by atoms with Crippen LogP contribution in [0, 0.1) is 11.8 Å². The van der Waals surface area contributed by atoms with E-state index in [1.165, 1.54) is 0 Å². The molecule has 0 amide bonds. The lowest BCUT2D eigenvalue weighted by atomic mass is 9.92. The zero-order chi connectivity index (χ0) is 11.1. The summed E-state index contributed by atoms with van der Waals surface area (Å²) in [6.07, 6.45) is 7.15. The minimum atomic E-state index is -0.103. The lowest BCUT2D eigenvalue weighted by Gasteiger charge is -2.15. The first-order valence-electron chi connectivity index (χ1n) is 5.83. The number of thiazole rings is 1. The molecule has 3 rings (SSSR count). The molecule has 0 radical (unpaired) electrons. The van der Waals surface area contributed by atoms with Crippen LogP contribution in [0.15, 0.2) is 17.8 Å². The van der Waals surface area contributed by atoms with Crippen LogP contribution < -0.4 is 0 Å². The molecular weight excluding hydrogens is 220 g/mol. The van der Waals surface area contributed by atoms with E-state index in [1.54, 1.807) is 11.3 Å². The third-order valence-corrected chi connectivity index (χ3v) is 4.57. The van der Waals surface area contributed by atoms with E-state index in [2.05, 4.69) is 22.5 Å². The Labute approximate surface area is 98.8 Å². The van der Waals surface area contributed by atoms with Gasteiger partial charge in [-0.25, -0.2) is 4.98 Å². The molecule has 2 aromatic heterocycles. The van der Waals surface area contributed by atoms with Crippen LogP contribution in [-0.4, -0.2) is 20.6 Å². The number of hydrogen-bond acceptors (Lipinski definition) is 3. The highest BCUT2D eigenvalue weighted by Crippen LogP contribution is 2.34. The summed E-state index contributed by atoms with van der Waals surface area (Å²) in [6.45, 7) is 2.15. The molecule has 3 atom stereocenters. The Morgan fingerprint density at radius 3 is 3.12 bits per heavy atom. The van der Waals surface area contributed by atoms with Gasteiger partial charge in [-0.1, -0.05) is 6.92 Å². The van der Waals surface area contributed by atoms with Gasteiger partial charge in [-0.3, -0.25) is 4.40 Å². The highest BCUT2D eigenvalue weighted by molar-refractivity contribution is 7.15. The zero-order valence-corrected chi connectivity index (χ0v) is 10.2. The largest absolute Gasteiger partial charge is 0.393 e. The second kappa shape index (κ2) is 3.86. The fraction of sp³-hybridized carbons (Fsp3) is 0.583.